The fraction of sp³-hybridized carbons (Fsp3) is 0.652. The largest absolute Gasteiger partial charge is 0.372 e. The average molecular weight is 400 g/mol. The molecule has 0 aromatic heterocycles. The molecule has 0 unspecified atom stereocenters. The predicted molar refractivity (Wildman–Crippen MR) is 111 cm³/mol. The molecule has 3 fully saturated rings. The molecule has 3 heterocycles. The summed E-state index contributed by atoms with van der Waals surface area (Å²) < 4.78 is 5.23. The zero-order chi connectivity index (χ0) is 20.4. The van der Waals surface area contributed by atoms with Gasteiger partial charge in [0.15, 0.2) is 0 Å². The molecule has 3 saturated heterocycles. The molecule has 0 saturated carbocycles. The number of rotatable bonds is 5. The number of ether oxygens (including phenoxy) is 1. The molecule has 29 heavy (non-hydrogen) atoms. The number of amides is 2. The molecule has 2 amide bonds. The summed E-state index contributed by atoms with van der Waals surface area (Å²) in [6.45, 7) is 6.71. The number of piperidine rings is 1. The minimum Gasteiger partial charge on any atom is -0.372 e. The van der Waals surface area contributed by atoms with Crippen LogP contribution in [0.5, 0.6) is 0 Å². The van der Waals surface area contributed by atoms with Gasteiger partial charge in [-0.25, -0.2) is 0 Å². The molecular weight excluding hydrogens is 366 g/mol. The van der Waals surface area contributed by atoms with E-state index in [1.54, 1.807) is 0 Å². The van der Waals surface area contributed by atoms with Gasteiger partial charge >= 0.3 is 0 Å². The highest BCUT2D eigenvalue weighted by atomic mass is 16.5. The standard InChI is InChI=1S/C23H33N3O3/c1-3-29-16-21(27)25-11-9-18(10-12-25)23(28)26-14-19-13-24(2)22(20(19)15-26)17-7-5-4-6-8-17/h4-8,18-20,22H,3,9-16H2,1-2H3/t19-,20+,22-/m0/s1. The lowest BCUT2D eigenvalue weighted by Crippen LogP contribution is -2.45. The van der Waals surface area contributed by atoms with Gasteiger partial charge in [0.1, 0.15) is 6.61 Å². The van der Waals surface area contributed by atoms with Gasteiger partial charge in [-0.3, -0.25) is 14.5 Å². The van der Waals surface area contributed by atoms with Crippen molar-refractivity contribution >= 4 is 11.8 Å². The van der Waals surface area contributed by atoms with Crippen LogP contribution < -0.4 is 0 Å². The third kappa shape index (κ3) is 4.19. The van der Waals surface area contributed by atoms with Gasteiger partial charge in [0, 0.05) is 57.2 Å². The zero-order valence-electron chi connectivity index (χ0n) is 17.6. The lowest BCUT2D eigenvalue weighted by atomic mass is 9.90. The Morgan fingerprint density at radius 3 is 2.45 bits per heavy atom. The lowest BCUT2D eigenvalue weighted by Gasteiger charge is -2.34. The topological polar surface area (TPSA) is 53.1 Å². The summed E-state index contributed by atoms with van der Waals surface area (Å²) in [5, 5.41) is 0. The van der Waals surface area contributed by atoms with Gasteiger partial charge in [-0.15, -0.1) is 0 Å². The Hall–Kier alpha value is -1.92. The van der Waals surface area contributed by atoms with E-state index in [0.29, 0.717) is 43.5 Å². The van der Waals surface area contributed by atoms with E-state index in [4.69, 9.17) is 4.74 Å². The molecule has 3 aliphatic rings. The van der Waals surface area contributed by atoms with Crippen LogP contribution in [-0.4, -0.2) is 79.5 Å². The summed E-state index contributed by atoms with van der Waals surface area (Å²) in [5.41, 5.74) is 1.36. The summed E-state index contributed by atoms with van der Waals surface area (Å²) in [7, 11) is 2.21. The maximum atomic E-state index is 13.2. The summed E-state index contributed by atoms with van der Waals surface area (Å²) in [4.78, 5) is 31.7. The van der Waals surface area contributed by atoms with E-state index >= 15 is 0 Å². The number of benzene rings is 1. The Kier molecular flexibility index (Phi) is 6.20. The van der Waals surface area contributed by atoms with Crippen molar-refractivity contribution in [2.75, 3.05) is 53.0 Å². The van der Waals surface area contributed by atoms with Gasteiger partial charge in [-0.2, -0.15) is 0 Å². The smallest absolute Gasteiger partial charge is 0.248 e. The molecule has 3 atom stereocenters. The monoisotopic (exact) mass is 399 g/mol. The molecular formula is C23H33N3O3. The SMILES string of the molecule is CCOCC(=O)N1CCC(C(=O)N2C[C@@H]3CN(C)[C@@H](c4ccccc4)[C@@H]3C2)CC1. The van der Waals surface area contributed by atoms with Gasteiger partial charge in [0.05, 0.1) is 0 Å². The van der Waals surface area contributed by atoms with E-state index in [1.807, 2.05) is 11.8 Å². The van der Waals surface area contributed by atoms with Crippen molar-refractivity contribution < 1.29 is 14.3 Å². The van der Waals surface area contributed by atoms with E-state index < -0.39 is 0 Å². The van der Waals surface area contributed by atoms with Crippen LogP contribution in [0, 0.1) is 17.8 Å². The second-order valence-electron chi connectivity index (χ2n) is 8.75. The summed E-state index contributed by atoms with van der Waals surface area (Å²) >= 11 is 0. The Morgan fingerprint density at radius 2 is 1.76 bits per heavy atom. The van der Waals surface area contributed by atoms with Gasteiger partial charge in [-0.05, 0) is 38.3 Å². The molecule has 6 heteroatoms. The number of nitrogens with zero attached hydrogens (tertiary/aromatic N) is 3. The number of carbonyl (C=O) groups is 2. The Morgan fingerprint density at radius 1 is 1.03 bits per heavy atom. The van der Waals surface area contributed by atoms with Crippen molar-refractivity contribution in [3.8, 4) is 0 Å². The van der Waals surface area contributed by atoms with Gasteiger partial charge < -0.3 is 14.5 Å². The van der Waals surface area contributed by atoms with Crippen LogP contribution in [0.1, 0.15) is 31.4 Å². The Balaban J connectivity index is 1.33. The molecule has 1 aromatic carbocycles. The Bertz CT molecular complexity index is 717. The van der Waals surface area contributed by atoms with Crippen LogP contribution in [0.15, 0.2) is 30.3 Å². The first-order valence-electron chi connectivity index (χ1n) is 11.0. The van der Waals surface area contributed by atoms with Crippen molar-refractivity contribution in [1.82, 2.24) is 14.7 Å². The molecule has 0 aliphatic carbocycles. The first-order valence-corrected chi connectivity index (χ1v) is 11.0. The second-order valence-corrected chi connectivity index (χ2v) is 8.75. The number of hydrogen-bond acceptors (Lipinski definition) is 4. The molecule has 158 valence electrons. The minimum absolute atomic E-state index is 0.0437. The molecule has 6 nitrogen and oxygen atoms in total. The van der Waals surface area contributed by atoms with E-state index in [2.05, 4.69) is 47.2 Å². The minimum atomic E-state index is 0.0437. The van der Waals surface area contributed by atoms with E-state index in [-0.39, 0.29) is 18.4 Å². The number of fused-ring (bicyclic) bond motifs is 1. The van der Waals surface area contributed by atoms with Crippen LogP contribution in [-0.2, 0) is 14.3 Å². The molecule has 4 rings (SSSR count). The van der Waals surface area contributed by atoms with Crippen LogP contribution in [0.25, 0.3) is 0 Å². The van der Waals surface area contributed by atoms with Gasteiger partial charge in [0.25, 0.3) is 0 Å². The fourth-order valence-corrected chi connectivity index (χ4v) is 5.50. The third-order valence-corrected chi connectivity index (χ3v) is 6.97. The van der Waals surface area contributed by atoms with Crippen LogP contribution in [0.3, 0.4) is 0 Å². The zero-order valence-corrected chi connectivity index (χ0v) is 17.6. The van der Waals surface area contributed by atoms with E-state index in [1.165, 1.54) is 5.56 Å². The molecule has 0 N–H and O–H groups in total. The highest BCUT2D eigenvalue weighted by Crippen LogP contribution is 2.44. The molecule has 0 radical (unpaired) electrons. The number of carbonyl (C=O) groups excluding carboxylic acids is 2. The number of hydrogen-bond donors (Lipinski definition) is 0. The van der Waals surface area contributed by atoms with Crippen LogP contribution in [0.2, 0.25) is 0 Å². The van der Waals surface area contributed by atoms with Gasteiger partial charge in [0.2, 0.25) is 11.8 Å². The first-order chi connectivity index (χ1) is 14.1. The van der Waals surface area contributed by atoms with Crippen molar-refractivity contribution in [1.29, 1.82) is 0 Å². The van der Waals surface area contributed by atoms with Crippen LogP contribution in [0.4, 0.5) is 0 Å². The van der Waals surface area contributed by atoms with E-state index in [0.717, 1.165) is 32.5 Å². The molecule has 0 spiro atoms. The maximum absolute atomic E-state index is 13.2. The summed E-state index contributed by atoms with van der Waals surface area (Å²) in [6.07, 6.45) is 1.54. The summed E-state index contributed by atoms with van der Waals surface area (Å²) in [6, 6.07) is 11.1. The highest BCUT2D eigenvalue weighted by molar-refractivity contribution is 5.81. The second kappa shape index (κ2) is 8.84. The maximum Gasteiger partial charge on any atom is 0.248 e. The van der Waals surface area contributed by atoms with Crippen molar-refractivity contribution in [2.24, 2.45) is 17.8 Å². The van der Waals surface area contributed by atoms with Crippen molar-refractivity contribution in [2.45, 2.75) is 25.8 Å². The fourth-order valence-electron chi connectivity index (χ4n) is 5.50. The van der Waals surface area contributed by atoms with Gasteiger partial charge in [-0.1, -0.05) is 30.3 Å². The molecule has 0 bridgehead atoms. The normalized spacial score (nSPS) is 28.0. The highest BCUT2D eigenvalue weighted by Gasteiger charge is 2.48. The Labute approximate surface area is 173 Å². The average Bonchev–Trinajstić information content (AvgIpc) is 3.28. The molecule has 1 aromatic rings. The van der Waals surface area contributed by atoms with Crippen molar-refractivity contribution in [3.63, 3.8) is 0 Å². The molecule has 3 aliphatic heterocycles. The number of likely N-dealkylation sites (tertiary alicyclic amines) is 3. The van der Waals surface area contributed by atoms with Crippen LogP contribution >= 0.6 is 0 Å². The first kappa shape index (κ1) is 20.4. The van der Waals surface area contributed by atoms with E-state index in [9.17, 15) is 9.59 Å². The lowest BCUT2D eigenvalue weighted by molar-refractivity contribution is -0.142. The predicted octanol–water partition coefficient (Wildman–Crippen LogP) is 2.02. The summed E-state index contributed by atoms with van der Waals surface area (Å²) in [5.74, 6) is 1.46. The van der Waals surface area contributed by atoms with Crippen molar-refractivity contribution in [3.05, 3.63) is 35.9 Å². The quantitative estimate of drug-likeness (QED) is 0.760. The third-order valence-electron chi connectivity index (χ3n) is 6.97.